The van der Waals surface area contributed by atoms with E-state index < -0.39 is 0 Å². The molecule has 0 amide bonds. The van der Waals surface area contributed by atoms with E-state index in [1.165, 1.54) is 0 Å². The molecule has 0 aromatic carbocycles. The first kappa shape index (κ1) is 12.0. The van der Waals surface area contributed by atoms with Crippen LogP contribution in [0.3, 0.4) is 0 Å². The molecule has 6 heteroatoms. The minimum Gasteiger partial charge on any atom is -0.328 e. The van der Waals surface area contributed by atoms with Crippen LogP contribution in [0.2, 0.25) is 0 Å². The lowest BCUT2D eigenvalue weighted by molar-refractivity contribution is 0.380. The van der Waals surface area contributed by atoms with Crippen LogP contribution in [0.15, 0.2) is 0 Å². The summed E-state index contributed by atoms with van der Waals surface area (Å²) in [7, 11) is 0. The predicted molar refractivity (Wildman–Crippen MR) is 71.9 cm³/mol. The summed E-state index contributed by atoms with van der Waals surface area (Å²) in [6.07, 6.45) is 4.38. The molecule has 0 saturated heterocycles. The van der Waals surface area contributed by atoms with E-state index in [4.69, 9.17) is 5.73 Å². The van der Waals surface area contributed by atoms with Gasteiger partial charge in [0.15, 0.2) is 5.82 Å². The maximum absolute atomic E-state index is 5.95. The van der Waals surface area contributed by atoms with Crippen molar-refractivity contribution in [3.63, 3.8) is 0 Å². The molecule has 0 aliphatic heterocycles. The van der Waals surface area contributed by atoms with Crippen molar-refractivity contribution in [2.24, 2.45) is 5.73 Å². The minimum absolute atomic E-state index is 0.367. The van der Waals surface area contributed by atoms with Gasteiger partial charge in [0.1, 0.15) is 5.01 Å². The number of nitrogens with two attached hydrogens (primary N) is 1. The van der Waals surface area contributed by atoms with Gasteiger partial charge in [-0.1, -0.05) is 25.2 Å². The van der Waals surface area contributed by atoms with Gasteiger partial charge in [-0.15, -0.1) is 10.2 Å². The molecule has 0 atom stereocenters. The van der Waals surface area contributed by atoms with Gasteiger partial charge in [-0.2, -0.15) is 9.61 Å². The molecule has 2 N–H and O–H groups in total. The Balaban J connectivity index is 1.92. The third kappa shape index (κ3) is 2.03. The van der Waals surface area contributed by atoms with E-state index in [-0.39, 0.29) is 0 Å². The van der Waals surface area contributed by atoms with Crippen molar-refractivity contribution in [2.45, 2.75) is 57.4 Å². The van der Waals surface area contributed by atoms with Gasteiger partial charge in [-0.25, -0.2) is 0 Å². The molecule has 1 aliphatic carbocycles. The zero-order valence-electron chi connectivity index (χ0n) is 10.8. The molecular weight excluding hydrogens is 246 g/mol. The highest BCUT2D eigenvalue weighted by Gasteiger charge is 2.25. The van der Waals surface area contributed by atoms with E-state index >= 15 is 0 Å². The van der Waals surface area contributed by atoms with Crippen molar-refractivity contribution in [3.8, 4) is 0 Å². The van der Waals surface area contributed by atoms with Crippen molar-refractivity contribution in [1.82, 2.24) is 19.8 Å². The SMILES string of the molecule is CC(C)c1nn2c(C3CCC(N)CC3)nnc2s1. The van der Waals surface area contributed by atoms with Crippen LogP contribution in [-0.4, -0.2) is 25.9 Å². The number of hydrogen-bond acceptors (Lipinski definition) is 5. The maximum atomic E-state index is 5.95. The summed E-state index contributed by atoms with van der Waals surface area (Å²) >= 11 is 1.64. The van der Waals surface area contributed by atoms with Crippen LogP contribution in [0.4, 0.5) is 0 Å². The fourth-order valence-electron chi connectivity index (χ4n) is 2.51. The number of fused-ring (bicyclic) bond motifs is 1. The van der Waals surface area contributed by atoms with Gasteiger partial charge >= 0.3 is 0 Å². The Hall–Kier alpha value is -1.01. The summed E-state index contributed by atoms with van der Waals surface area (Å²) < 4.78 is 1.95. The van der Waals surface area contributed by atoms with Crippen LogP contribution in [-0.2, 0) is 0 Å². The molecule has 0 spiro atoms. The lowest BCUT2D eigenvalue weighted by atomic mass is 9.86. The quantitative estimate of drug-likeness (QED) is 0.904. The molecule has 5 nitrogen and oxygen atoms in total. The zero-order chi connectivity index (χ0) is 12.7. The van der Waals surface area contributed by atoms with Crippen molar-refractivity contribution >= 4 is 16.3 Å². The summed E-state index contributed by atoms with van der Waals surface area (Å²) in [5.41, 5.74) is 5.95. The average molecular weight is 265 g/mol. The van der Waals surface area contributed by atoms with E-state index in [1.54, 1.807) is 11.3 Å². The Labute approximate surface area is 110 Å². The fraction of sp³-hybridized carbons (Fsp3) is 0.750. The van der Waals surface area contributed by atoms with Crippen LogP contribution in [0.1, 0.15) is 62.2 Å². The van der Waals surface area contributed by atoms with E-state index in [1.807, 2.05) is 4.52 Å². The largest absolute Gasteiger partial charge is 0.328 e. The molecule has 98 valence electrons. The zero-order valence-corrected chi connectivity index (χ0v) is 11.7. The first-order chi connectivity index (χ1) is 8.65. The van der Waals surface area contributed by atoms with E-state index in [9.17, 15) is 0 Å². The Morgan fingerprint density at radius 3 is 2.61 bits per heavy atom. The molecule has 18 heavy (non-hydrogen) atoms. The van der Waals surface area contributed by atoms with E-state index in [2.05, 4.69) is 29.1 Å². The molecule has 2 heterocycles. The van der Waals surface area contributed by atoms with Crippen molar-refractivity contribution < 1.29 is 0 Å². The second kappa shape index (κ2) is 4.59. The molecule has 1 aliphatic rings. The number of hydrogen-bond donors (Lipinski definition) is 1. The molecule has 1 fully saturated rings. The van der Waals surface area contributed by atoms with Crippen molar-refractivity contribution in [2.75, 3.05) is 0 Å². The third-order valence-electron chi connectivity index (χ3n) is 3.66. The first-order valence-corrected chi connectivity index (χ1v) is 7.44. The minimum atomic E-state index is 0.367. The predicted octanol–water partition coefficient (Wildman–Crippen LogP) is 2.29. The molecule has 0 radical (unpaired) electrons. The summed E-state index contributed by atoms with van der Waals surface area (Å²) in [6.45, 7) is 4.32. The topological polar surface area (TPSA) is 69.1 Å². The van der Waals surface area contributed by atoms with Crippen molar-refractivity contribution in [1.29, 1.82) is 0 Å². The summed E-state index contributed by atoms with van der Waals surface area (Å²) in [5, 5.41) is 14.4. The van der Waals surface area contributed by atoms with E-state index in [0.717, 1.165) is 41.5 Å². The Kier molecular flexibility index (Phi) is 3.07. The van der Waals surface area contributed by atoms with Gasteiger partial charge in [-0.3, -0.25) is 0 Å². The Bertz CT molecular complexity index is 536. The van der Waals surface area contributed by atoms with Gasteiger partial charge < -0.3 is 5.73 Å². The summed E-state index contributed by atoms with van der Waals surface area (Å²) in [4.78, 5) is 0.920. The van der Waals surface area contributed by atoms with Gasteiger partial charge in [-0.05, 0) is 25.7 Å². The Morgan fingerprint density at radius 1 is 1.22 bits per heavy atom. The average Bonchev–Trinajstić information content (AvgIpc) is 2.89. The van der Waals surface area contributed by atoms with Crippen LogP contribution in [0.25, 0.3) is 4.96 Å². The second-order valence-electron chi connectivity index (χ2n) is 5.46. The van der Waals surface area contributed by atoms with Crippen LogP contribution in [0.5, 0.6) is 0 Å². The van der Waals surface area contributed by atoms with Crippen LogP contribution < -0.4 is 5.73 Å². The monoisotopic (exact) mass is 265 g/mol. The number of nitrogens with zero attached hydrogens (tertiary/aromatic N) is 4. The highest BCUT2D eigenvalue weighted by atomic mass is 32.1. The van der Waals surface area contributed by atoms with Crippen LogP contribution in [0, 0.1) is 0 Å². The first-order valence-electron chi connectivity index (χ1n) is 6.62. The third-order valence-corrected chi connectivity index (χ3v) is 4.86. The molecule has 3 rings (SSSR count). The van der Waals surface area contributed by atoms with Gasteiger partial charge in [0.2, 0.25) is 4.96 Å². The molecule has 2 aromatic rings. The molecular formula is C12H19N5S. The smallest absolute Gasteiger partial charge is 0.234 e. The summed E-state index contributed by atoms with van der Waals surface area (Å²) in [5.74, 6) is 1.95. The molecule has 0 bridgehead atoms. The highest BCUT2D eigenvalue weighted by molar-refractivity contribution is 7.16. The second-order valence-corrected chi connectivity index (χ2v) is 6.45. The van der Waals surface area contributed by atoms with Gasteiger partial charge in [0.05, 0.1) is 0 Å². The molecule has 1 saturated carbocycles. The number of rotatable bonds is 2. The van der Waals surface area contributed by atoms with E-state index in [0.29, 0.717) is 17.9 Å². The lowest BCUT2D eigenvalue weighted by Gasteiger charge is -2.24. The number of aromatic nitrogens is 4. The normalized spacial score (nSPS) is 25.1. The standard InChI is InChI=1S/C12H19N5S/c1-7(2)11-16-17-10(14-15-12(17)18-11)8-3-5-9(13)6-4-8/h7-9H,3-6,13H2,1-2H3. The van der Waals surface area contributed by atoms with Crippen LogP contribution >= 0.6 is 11.3 Å². The van der Waals surface area contributed by atoms with Gasteiger partial charge in [0.25, 0.3) is 0 Å². The maximum Gasteiger partial charge on any atom is 0.234 e. The lowest BCUT2D eigenvalue weighted by Crippen LogP contribution is -2.26. The molecule has 2 aromatic heterocycles. The molecule has 0 unspecified atom stereocenters. The van der Waals surface area contributed by atoms with Crippen molar-refractivity contribution in [3.05, 3.63) is 10.8 Å². The van der Waals surface area contributed by atoms with Gasteiger partial charge in [0, 0.05) is 17.9 Å². The highest BCUT2D eigenvalue weighted by Crippen LogP contribution is 2.32. The Morgan fingerprint density at radius 2 is 1.94 bits per heavy atom. The fourth-order valence-corrected chi connectivity index (χ4v) is 3.36. The summed E-state index contributed by atoms with van der Waals surface area (Å²) in [6, 6.07) is 0.367.